The van der Waals surface area contributed by atoms with Crippen LogP contribution in [0.3, 0.4) is 0 Å². The number of primary amides is 1. The minimum Gasteiger partial charge on any atom is -0.497 e. The first kappa shape index (κ1) is 21.4. The normalized spacial score (nSPS) is 15.4. The quantitative estimate of drug-likeness (QED) is 0.635. The Balaban J connectivity index is 1.50. The Labute approximate surface area is 196 Å². The number of amides is 3. The molecule has 34 heavy (non-hydrogen) atoms. The predicted octanol–water partition coefficient (Wildman–Crippen LogP) is 2.90. The van der Waals surface area contributed by atoms with E-state index < -0.39 is 5.91 Å². The SMILES string of the molecule is COc1ccc(-n2cc(C(N)=O)c3c2C(=O)N(c2ccc(N4N=C(C)CC4=O)cc2)CC3)cc1. The van der Waals surface area contributed by atoms with Gasteiger partial charge >= 0.3 is 0 Å². The van der Waals surface area contributed by atoms with Crippen LogP contribution in [0.15, 0.2) is 59.8 Å². The molecule has 172 valence electrons. The van der Waals surface area contributed by atoms with Gasteiger partial charge in [-0.1, -0.05) is 0 Å². The molecular weight excluding hydrogens is 434 g/mol. The lowest BCUT2D eigenvalue weighted by atomic mass is 10.0. The number of nitrogens with zero attached hydrogens (tertiary/aromatic N) is 4. The number of hydrazone groups is 1. The van der Waals surface area contributed by atoms with Gasteiger partial charge in [-0.05, 0) is 67.4 Å². The number of fused-ring (bicyclic) bond motifs is 1. The van der Waals surface area contributed by atoms with Gasteiger partial charge in [-0.3, -0.25) is 14.4 Å². The molecule has 3 aromatic rings. The van der Waals surface area contributed by atoms with E-state index in [2.05, 4.69) is 5.10 Å². The fourth-order valence-corrected chi connectivity index (χ4v) is 4.42. The largest absolute Gasteiger partial charge is 0.497 e. The maximum atomic E-state index is 13.6. The summed E-state index contributed by atoms with van der Waals surface area (Å²) >= 11 is 0. The highest BCUT2D eigenvalue weighted by atomic mass is 16.5. The van der Waals surface area contributed by atoms with E-state index in [1.54, 1.807) is 59.2 Å². The van der Waals surface area contributed by atoms with Crippen molar-refractivity contribution >= 4 is 34.8 Å². The van der Waals surface area contributed by atoms with Gasteiger partial charge in [-0.25, -0.2) is 5.01 Å². The molecule has 9 nitrogen and oxygen atoms in total. The maximum Gasteiger partial charge on any atom is 0.275 e. The molecule has 0 aliphatic carbocycles. The molecule has 0 unspecified atom stereocenters. The molecular formula is C25H23N5O4. The van der Waals surface area contributed by atoms with Gasteiger partial charge in [-0.2, -0.15) is 5.10 Å². The molecule has 0 fully saturated rings. The summed E-state index contributed by atoms with van der Waals surface area (Å²) in [7, 11) is 1.58. The number of anilines is 2. The van der Waals surface area contributed by atoms with Gasteiger partial charge < -0.3 is 19.9 Å². The van der Waals surface area contributed by atoms with Crippen molar-refractivity contribution in [1.82, 2.24) is 4.57 Å². The van der Waals surface area contributed by atoms with Gasteiger partial charge in [-0.15, -0.1) is 0 Å². The van der Waals surface area contributed by atoms with Crippen LogP contribution in [-0.2, 0) is 11.2 Å². The lowest BCUT2D eigenvalue weighted by Crippen LogP contribution is -2.39. The van der Waals surface area contributed by atoms with Gasteiger partial charge in [0, 0.05) is 29.8 Å². The van der Waals surface area contributed by atoms with Crippen LogP contribution in [0.4, 0.5) is 11.4 Å². The third kappa shape index (κ3) is 3.51. The van der Waals surface area contributed by atoms with Crippen LogP contribution in [0.5, 0.6) is 5.75 Å². The predicted molar refractivity (Wildman–Crippen MR) is 128 cm³/mol. The van der Waals surface area contributed by atoms with Crippen molar-refractivity contribution in [3.05, 3.63) is 71.5 Å². The number of rotatable bonds is 5. The monoisotopic (exact) mass is 457 g/mol. The highest BCUT2D eigenvalue weighted by molar-refractivity contribution is 6.13. The molecule has 2 aromatic carbocycles. The third-order valence-corrected chi connectivity index (χ3v) is 6.08. The summed E-state index contributed by atoms with van der Waals surface area (Å²) in [5, 5.41) is 5.65. The Morgan fingerprint density at radius 2 is 1.65 bits per heavy atom. The van der Waals surface area contributed by atoms with Gasteiger partial charge in [0.1, 0.15) is 11.4 Å². The van der Waals surface area contributed by atoms with E-state index in [1.807, 2.05) is 19.1 Å². The zero-order valence-corrected chi connectivity index (χ0v) is 18.8. The Kier molecular flexibility index (Phi) is 5.16. The van der Waals surface area contributed by atoms with E-state index >= 15 is 0 Å². The Hall–Kier alpha value is -4.40. The molecule has 2 N–H and O–H groups in total. The number of aromatic nitrogens is 1. The number of methoxy groups -OCH3 is 1. The zero-order chi connectivity index (χ0) is 24.0. The summed E-state index contributed by atoms with van der Waals surface area (Å²) in [5.74, 6) is -0.201. The number of carbonyl (C=O) groups excluding carboxylic acids is 3. The van der Waals surface area contributed by atoms with Crippen molar-refractivity contribution in [2.24, 2.45) is 10.8 Å². The molecule has 0 atom stereocenters. The second-order valence-corrected chi connectivity index (χ2v) is 8.24. The molecule has 0 radical (unpaired) electrons. The minimum atomic E-state index is -0.569. The first-order chi connectivity index (χ1) is 16.4. The van der Waals surface area contributed by atoms with Crippen LogP contribution >= 0.6 is 0 Å². The van der Waals surface area contributed by atoms with Crippen molar-refractivity contribution in [2.75, 3.05) is 23.6 Å². The lowest BCUT2D eigenvalue weighted by molar-refractivity contribution is -0.116. The average molecular weight is 457 g/mol. The molecule has 3 amide bonds. The van der Waals surface area contributed by atoms with Crippen LogP contribution in [0.25, 0.3) is 5.69 Å². The molecule has 0 saturated heterocycles. The van der Waals surface area contributed by atoms with Crippen molar-refractivity contribution in [2.45, 2.75) is 19.8 Å². The number of nitrogens with two attached hydrogens (primary N) is 1. The molecule has 0 bridgehead atoms. The van der Waals surface area contributed by atoms with E-state index in [1.165, 1.54) is 5.01 Å². The van der Waals surface area contributed by atoms with E-state index in [0.29, 0.717) is 53.3 Å². The number of hydrogen-bond donors (Lipinski definition) is 1. The number of ether oxygens (including phenoxy) is 1. The molecule has 2 aliphatic heterocycles. The second kappa shape index (κ2) is 8.18. The molecule has 1 aromatic heterocycles. The van der Waals surface area contributed by atoms with Crippen molar-refractivity contribution in [3.63, 3.8) is 0 Å². The summed E-state index contributed by atoms with van der Waals surface area (Å²) in [4.78, 5) is 39.6. The fraction of sp³-hybridized carbons (Fsp3) is 0.200. The zero-order valence-electron chi connectivity index (χ0n) is 18.8. The summed E-state index contributed by atoms with van der Waals surface area (Å²) in [6.07, 6.45) is 2.41. The molecule has 0 saturated carbocycles. The number of hydrogen-bond acceptors (Lipinski definition) is 5. The second-order valence-electron chi connectivity index (χ2n) is 8.24. The summed E-state index contributed by atoms with van der Waals surface area (Å²) in [5.41, 5.74) is 9.84. The summed E-state index contributed by atoms with van der Waals surface area (Å²) in [6.45, 7) is 2.21. The first-order valence-corrected chi connectivity index (χ1v) is 10.8. The fourth-order valence-electron chi connectivity index (χ4n) is 4.42. The van der Waals surface area contributed by atoms with Gasteiger partial charge in [0.05, 0.1) is 24.8 Å². The van der Waals surface area contributed by atoms with E-state index in [-0.39, 0.29) is 11.8 Å². The third-order valence-electron chi connectivity index (χ3n) is 6.08. The highest BCUT2D eigenvalue weighted by Crippen LogP contribution is 2.32. The molecule has 3 heterocycles. The van der Waals surface area contributed by atoms with Crippen LogP contribution < -0.4 is 20.4 Å². The maximum absolute atomic E-state index is 13.6. The van der Waals surface area contributed by atoms with E-state index in [9.17, 15) is 14.4 Å². The Morgan fingerprint density at radius 3 is 2.24 bits per heavy atom. The standard InChI is InChI=1S/C25H23N5O4/c1-15-13-22(31)30(27-15)18-5-3-16(4-6-18)28-12-11-20-21(24(26)32)14-29(23(20)25(28)33)17-7-9-19(34-2)10-8-17/h3-10,14H,11-13H2,1-2H3,(H2,26,32). The minimum absolute atomic E-state index is 0.0831. The Morgan fingerprint density at radius 1 is 1.00 bits per heavy atom. The van der Waals surface area contributed by atoms with E-state index in [4.69, 9.17) is 10.5 Å². The first-order valence-electron chi connectivity index (χ1n) is 10.8. The van der Waals surface area contributed by atoms with Crippen LogP contribution in [-0.4, -0.2) is 41.7 Å². The summed E-state index contributed by atoms with van der Waals surface area (Å²) < 4.78 is 6.93. The van der Waals surface area contributed by atoms with Gasteiger partial charge in [0.15, 0.2) is 0 Å². The molecule has 0 spiro atoms. The van der Waals surface area contributed by atoms with Crippen molar-refractivity contribution in [3.8, 4) is 11.4 Å². The molecule has 2 aliphatic rings. The van der Waals surface area contributed by atoms with Crippen LogP contribution in [0.2, 0.25) is 0 Å². The van der Waals surface area contributed by atoms with Crippen molar-refractivity contribution in [1.29, 1.82) is 0 Å². The molecule has 5 rings (SSSR count). The average Bonchev–Trinajstić information content (AvgIpc) is 3.40. The van der Waals surface area contributed by atoms with Crippen LogP contribution in [0, 0.1) is 0 Å². The van der Waals surface area contributed by atoms with Gasteiger partial charge in [0.2, 0.25) is 0 Å². The Bertz CT molecular complexity index is 1340. The summed E-state index contributed by atoms with van der Waals surface area (Å²) in [6, 6.07) is 14.4. The lowest BCUT2D eigenvalue weighted by Gasteiger charge is -2.29. The van der Waals surface area contributed by atoms with Crippen LogP contribution in [0.1, 0.15) is 39.8 Å². The highest BCUT2D eigenvalue weighted by Gasteiger charge is 2.33. The van der Waals surface area contributed by atoms with E-state index in [0.717, 1.165) is 11.4 Å². The topological polar surface area (TPSA) is 110 Å². The van der Waals surface area contributed by atoms with Crippen molar-refractivity contribution < 1.29 is 19.1 Å². The smallest absolute Gasteiger partial charge is 0.275 e. The number of benzene rings is 2. The molecule has 9 heteroatoms. The number of carbonyl (C=O) groups is 3. The van der Waals surface area contributed by atoms with Gasteiger partial charge in [0.25, 0.3) is 17.7 Å².